The Balaban J connectivity index is 1.59. The number of anilines is 1. The van der Waals surface area contributed by atoms with Crippen molar-refractivity contribution in [1.29, 1.82) is 0 Å². The summed E-state index contributed by atoms with van der Waals surface area (Å²) in [5.41, 5.74) is -0.125. The minimum atomic E-state index is -4.52. The van der Waals surface area contributed by atoms with E-state index < -0.39 is 17.8 Å². The van der Waals surface area contributed by atoms with E-state index in [-0.39, 0.29) is 10.7 Å². The molecule has 0 aliphatic carbocycles. The summed E-state index contributed by atoms with van der Waals surface area (Å²) in [5.74, 6) is 0. The largest absolute Gasteiger partial charge is 0.416 e. The second kappa shape index (κ2) is 9.00. The maximum atomic E-state index is 12.9. The van der Waals surface area contributed by atoms with Crippen LogP contribution < -0.4 is 5.32 Å². The van der Waals surface area contributed by atoms with Gasteiger partial charge in [0.15, 0.2) is 0 Å². The molecule has 2 aromatic rings. The van der Waals surface area contributed by atoms with E-state index in [9.17, 15) is 18.0 Å². The highest BCUT2D eigenvalue weighted by Crippen LogP contribution is 2.34. The summed E-state index contributed by atoms with van der Waals surface area (Å²) < 4.78 is 38.6. The number of benzene rings is 2. The van der Waals surface area contributed by atoms with E-state index in [0.717, 1.165) is 23.8 Å². The summed E-state index contributed by atoms with van der Waals surface area (Å²) in [4.78, 5) is 16.1. The van der Waals surface area contributed by atoms with Gasteiger partial charge >= 0.3 is 12.2 Å². The second-order valence-electron chi connectivity index (χ2n) is 6.59. The molecule has 10 heteroatoms. The van der Waals surface area contributed by atoms with E-state index in [4.69, 9.17) is 34.8 Å². The van der Waals surface area contributed by atoms with Gasteiger partial charge < -0.3 is 10.2 Å². The molecule has 156 valence electrons. The third-order valence-corrected chi connectivity index (χ3v) is 5.68. The van der Waals surface area contributed by atoms with Gasteiger partial charge in [-0.3, -0.25) is 4.90 Å². The zero-order chi connectivity index (χ0) is 21.2. The van der Waals surface area contributed by atoms with Gasteiger partial charge in [-0.05, 0) is 30.3 Å². The van der Waals surface area contributed by atoms with Crippen LogP contribution in [0.3, 0.4) is 0 Å². The minimum Gasteiger partial charge on any atom is -0.322 e. The number of nitrogens with zero attached hydrogens (tertiary/aromatic N) is 2. The number of carbonyl (C=O) groups is 1. The third-order valence-electron chi connectivity index (χ3n) is 4.64. The lowest BCUT2D eigenvalue weighted by atomic mass is 10.2. The third kappa shape index (κ3) is 5.48. The molecule has 1 heterocycles. The average molecular weight is 467 g/mol. The predicted octanol–water partition coefficient (Wildman–Crippen LogP) is 6.02. The van der Waals surface area contributed by atoms with Gasteiger partial charge in [-0.2, -0.15) is 13.2 Å². The van der Waals surface area contributed by atoms with Gasteiger partial charge in [-0.1, -0.05) is 40.9 Å². The monoisotopic (exact) mass is 465 g/mol. The molecule has 1 fully saturated rings. The van der Waals surface area contributed by atoms with Crippen LogP contribution in [0, 0.1) is 0 Å². The highest BCUT2D eigenvalue weighted by atomic mass is 35.5. The molecule has 1 aliphatic rings. The molecule has 0 aromatic heterocycles. The summed E-state index contributed by atoms with van der Waals surface area (Å²) in [7, 11) is 0. The first-order chi connectivity index (χ1) is 13.6. The number of alkyl halides is 3. The zero-order valence-electron chi connectivity index (χ0n) is 15.1. The van der Waals surface area contributed by atoms with E-state index in [1.54, 1.807) is 18.2 Å². The van der Waals surface area contributed by atoms with Crippen LogP contribution in [-0.4, -0.2) is 42.0 Å². The number of halogens is 6. The predicted molar refractivity (Wildman–Crippen MR) is 109 cm³/mol. The molecular weight excluding hydrogens is 450 g/mol. The number of nitrogens with one attached hydrogen (secondary N) is 1. The van der Waals surface area contributed by atoms with Gasteiger partial charge in [0.25, 0.3) is 0 Å². The van der Waals surface area contributed by atoms with Gasteiger partial charge in [-0.25, -0.2) is 4.79 Å². The summed E-state index contributed by atoms with van der Waals surface area (Å²) in [5, 5.41) is 3.67. The first-order valence-electron chi connectivity index (χ1n) is 8.73. The molecule has 0 unspecified atom stereocenters. The smallest absolute Gasteiger partial charge is 0.322 e. The molecule has 4 nitrogen and oxygen atoms in total. The summed E-state index contributed by atoms with van der Waals surface area (Å²) >= 11 is 18.3. The lowest BCUT2D eigenvalue weighted by molar-refractivity contribution is -0.137. The van der Waals surface area contributed by atoms with Crippen LogP contribution in [0.5, 0.6) is 0 Å². The Morgan fingerprint density at radius 1 is 0.966 bits per heavy atom. The fourth-order valence-corrected chi connectivity index (χ4v) is 3.69. The van der Waals surface area contributed by atoms with Crippen molar-refractivity contribution in [3.63, 3.8) is 0 Å². The average Bonchev–Trinajstić information content (AvgIpc) is 2.66. The number of urea groups is 1. The van der Waals surface area contributed by atoms with Crippen LogP contribution in [0.15, 0.2) is 36.4 Å². The quantitative estimate of drug-likeness (QED) is 0.601. The van der Waals surface area contributed by atoms with E-state index >= 15 is 0 Å². The number of rotatable bonds is 3. The molecular formula is C19H17Cl3F3N3O. The maximum Gasteiger partial charge on any atom is 0.416 e. The van der Waals surface area contributed by atoms with Crippen LogP contribution >= 0.6 is 34.8 Å². The molecule has 0 spiro atoms. The van der Waals surface area contributed by atoms with Gasteiger partial charge in [-0.15, -0.1) is 0 Å². The molecule has 0 radical (unpaired) electrons. The molecule has 0 bridgehead atoms. The fraction of sp³-hybridized carbons (Fsp3) is 0.316. The standard InChI is InChI=1S/C19H17Cl3F3N3O/c20-14-2-1-3-15(21)13(14)11-27-6-8-28(9-7-27)18(29)26-17-10-12(19(23,24)25)4-5-16(17)22/h1-5,10H,6-9,11H2,(H,26,29). The molecule has 3 rings (SSSR count). The van der Waals surface area contributed by atoms with E-state index in [0.29, 0.717) is 42.8 Å². The number of hydrogen-bond donors (Lipinski definition) is 1. The lowest BCUT2D eigenvalue weighted by Gasteiger charge is -2.35. The summed E-state index contributed by atoms with van der Waals surface area (Å²) in [6, 6.07) is 7.63. The second-order valence-corrected chi connectivity index (χ2v) is 7.81. The molecule has 2 aromatic carbocycles. The van der Waals surface area contributed by atoms with Crippen molar-refractivity contribution in [3.05, 3.63) is 62.6 Å². The van der Waals surface area contributed by atoms with Crippen molar-refractivity contribution in [1.82, 2.24) is 9.80 Å². The fourth-order valence-electron chi connectivity index (χ4n) is 3.01. The lowest BCUT2D eigenvalue weighted by Crippen LogP contribution is -2.49. The van der Waals surface area contributed by atoms with Gasteiger partial charge in [0.1, 0.15) is 0 Å². The molecule has 1 N–H and O–H groups in total. The van der Waals surface area contributed by atoms with E-state index in [2.05, 4.69) is 10.2 Å². The Kier molecular flexibility index (Phi) is 6.83. The Bertz CT molecular complexity index is 880. The first-order valence-corrected chi connectivity index (χ1v) is 9.86. The Hall–Kier alpha value is -1.67. The molecule has 1 saturated heterocycles. The van der Waals surface area contributed by atoms with Gasteiger partial charge in [0.2, 0.25) is 0 Å². The molecule has 1 aliphatic heterocycles. The maximum absolute atomic E-state index is 12.9. The first kappa shape index (κ1) is 22.0. The normalized spacial score (nSPS) is 15.4. The number of piperazine rings is 1. The Morgan fingerprint density at radius 3 is 2.17 bits per heavy atom. The van der Waals surface area contributed by atoms with Gasteiger partial charge in [0.05, 0.1) is 16.3 Å². The Labute approximate surface area is 181 Å². The van der Waals surface area contributed by atoms with E-state index in [1.807, 2.05) is 0 Å². The highest BCUT2D eigenvalue weighted by molar-refractivity contribution is 6.36. The van der Waals surface area contributed by atoms with Crippen LogP contribution in [0.1, 0.15) is 11.1 Å². The number of hydrogen-bond acceptors (Lipinski definition) is 2. The summed E-state index contributed by atoms with van der Waals surface area (Å²) in [6.45, 7) is 2.51. The van der Waals surface area contributed by atoms with Crippen molar-refractivity contribution in [2.24, 2.45) is 0 Å². The van der Waals surface area contributed by atoms with E-state index in [1.165, 1.54) is 4.90 Å². The Morgan fingerprint density at radius 2 is 1.59 bits per heavy atom. The topological polar surface area (TPSA) is 35.6 Å². The number of amides is 2. The molecule has 29 heavy (non-hydrogen) atoms. The molecule has 2 amide bonds. The van der Waals surface area contributed by atoms with Gasteiger partial charge in [0, 0.05) is 48.3 Å². The van der Waals surface area contributed by atoms with Crippen molar-refractivity contribution < 1.29 is 18.0 Å². The van der Waals surface area contributed by atoms with Crippen LogP contribution in [0.25, 0.3) is 0 Å². The highest BCUT2D eigenvalue weighted by Gasteiger charge is 2.31. The molecule has 0 saturated carbocycles. The van der Waals surface area contributed by atoms with Crippen molar-refractivity contribution in [2.45, 2.75) is 12.7 Å². The zero-order valence-corrected chi connectivity index (χ0v) is 17.3. The van der Waals surface area contributed by atoms with Crippen LogP contribution in [-0.2, 0) is 12.7 Å². The summed E-state index contributed by atoms with van der Waals surface area (Å²) in [6.07, 6.45) is -4.52. The number of carbonyl (C=O) groups excluding carboxylic acids is 1. The molecule has 0 atom stereocenters. The van der Waals surface area contributed by atoms with Crippen LogP contribution in [0.2, 0.25) is 15.1 Å². The SMILES string of the molecule is O=C(Nc1cc(C(F)(F)F)ccc1Cl)N1CCN(Cc2c(Cl)cccc2Cl)CC1. The van der Waals surface area contributed by atoms with Crippen molar-refractivity contribution in [3.8, 4) is 0 Å². The van der Waals surface area contributed by atoms with Crippen LogP contribution in [0.4, 0.5) is 23.7 Å². The minimum absolute atomic E-state index is 0.0401. The van der Waals surface area contributed by atoms with Crippen molar-refractivity contribution in [2.75, 3.05) is 31.5 Å². The van der Waals surface area contributed by atoms with Crippen molar-refractivity contribution >= 4 is 46.5 Å².